The van der Waals surface area contributed by atoms with Crippen LogP contribution in [0.2, 0.25) is 15.1 Å². The number of benzene rings is 1. The van der Waals surface area contributed by atoms with Gasteiger partial charge in [0.15, 0.2) is 5.75 Å². The number of hydrogen-bond acceptors (Lipinski definition) is 1. The van der Waals surface area contributed by atoms with Crippen LogP contribution in [0, 0.1) is 0 Å². The van der Waals surface area contributed by atoms with Gasteiger partial charge in [-0.2, -0.15) is 0 Å². The van der Waals surface area contributed by atoms with Gasteiger partial charge in [0.2, 0.25) is 0 Å². The molecule has 1 N–H and O–H groups in total. The second-order valence-corrected chi connectivity index (χ2v) is 2.97. The monoisotopic (exact) mass is 235 g/mol. The van der Waals surface area contributed by atoms with E-state index in [9.17, 15) is 0 Å². The van der Waals surface area contributed by atoms with Crippen molar-refractivity contribution < 1.29 is 5.11 Å². The molecule has 0 saturated carbocycles. The van der Waals surface area contributed by atoms with Gasteiger partial charge in [0.25, 0.3) is 0 Å². The first-order valence-corrected chi connectivity index (χ1v) is 3.58. The zero-order valence-electron chi connectivity index (χ0n) is 5.74. The third kappa shape index (κ3) is 3.41. The molecule has 0 atom stereocenters. The molecular formula is C6H3Cl3KO. The van der Waals surface area contributed by atoms with Gasteiger partial charge in [-0.05, 0) is 12.1 Å². The topological polar surface area (TPSA) is 20.2 Å². The van der Waals surface area contributed by atoms with Crippen molar-refractivity contribution in [3.8, 4) is 5.75 Å². The van der Waals surface area contributed by atoms with Crippen LogP contribution in [0.1, 0.15) is 0 Å². The summed E-state index contributed by atoms with van der Waals surface area (Å²) in [5.74, 6) is -0.132. The number of halogens is 3. The maximum absolute atomic E-state index is 9.01. The van der Waals surface area contributed by atoms with Crippen LogP contribution in [0.4, 0.5) is 0 Å². The Morgan fingerprint density at radius 3 is 1.73 bits per heavy atom. The van der Waals surface area contributed by atoms with Crippen LogP contribution < -0.4 is 0 Å². The van der Waals surface area contributed by atoms with E-state index in [4.69, 9.17) is 39.9 Å². The molecule has 0 fully saturated rings. The van der Waals surface area contributed by atoms with Crippen LogP contribution in [0.3, 0.4) is 0 Å². The summed E-state index contributed by atoms with van der Waals surface area (Å²) in [6.45, 7) is 0. The van der Waals surface area contributed by atoms with Gasteiger partial charge < -0.3 is 5.11 Å². The fraction of sp³-hybridized carbons (Fsp3) is 0. The molecule has 11 heavy (non-hydrogen) atoms. The van der Waals surface area contributed by atoms with E-state index < -0.39 is 0 Å². The quantitative estimate of drug-likeness (QED) is 0.687. The number of aromatic hydroxyl groups is 1. The molecule has 0 amide bonds. The van der Waals surface area contributed by atoms with Gasteiger partial charge in [0, 0.05) is 56.4 Å². The summed E-state index contributed by atoms with van der Waals surface area (Å²) >= 11 is 16.5. The van der Waals surface area contributed by atoms with Gasteiger partial charge in [-0.1, -0.05) is 34.8 Å². The maximum atomic E-state index is 9.01. The zero-order chi connectivity index (χ0) is 7.72. The number of phenols is 1. The van der Waals surface area contributed by atoms with Crippen molar-refractivity contribution in [3.63, 3.8) is 0 Å². The Kier molecular flexibility index (Phi) is 6.03. The average molecular weight is 237 g/mol. The first-order chi connectivity index (χ1) is 4.61. The molecule has 0 aliphatic carbocycles. The van der Waals surface area contributed by atoms with Crippen molar-refractivity contribution in [1.29, 1.82) is 0 Å². The molecule has 1 rings (SSSR count). The molecule has 0 aromatic heterocycles. The van der Waals surface area contributed by atoms with Crippen molar-refractivity contribution in [3.05, 3.63) is 27.2 Å². The van der Waals surface area contributed by atoms with E-state index in [0.29, 0.717) is 5.02 Å². The predicted octanol–water partition coefficient (Wildman–Crippen LogP) is 2.97. The fourth-order valence-corrected chi connectivity index (χ4v) is 1.35. The molecule has 0 bridgehead atoms. The Bertz CT molecular complexity index is 241. The predicted molar refractivity (Wildman–Crippen MR) is 48.9 cm³/mol. The van der Waals surface area contributed by atoms with Crippen molar-refractivity contribution >= 4 is 86.2 Å². The molecule has 0 saturated heterocycles. The van der Waals surface area contributed by atoms with E-state index in [0.717, 1.165) is 0 Å². The summed E-state index contributed by atoms with van der Waals surface area (Å²) in [5.41, 5.74) is 0. The first kappa shape index (κ1) is 12.5. The minimum absolute atomic E-state index is 0. The third-order valence-electron chi connectivity index (χ3n) is 0.982. The van der Waals surface area contributed by atoms with Crippen LogP contribution in [-0.2, 0) is 0 Å². The van der Waals surface area contributed by atoms with Gasteiger partial charge >= 0.3 is 0 Å². The van der Waals surface area contributed by atoms with Gasteiger partial charge in [0.1, 0.15) is 0 Å². The van der Waals surface area contributed by atoms with E-state index in [2.05, 4.69) is 0 Å². The fourth-order valence-electron chi connectivity index (χ4n) is 0.535. The molecular weight excluding hydrogens is 234 g/mol. The maximum Gasteiger partial charge on any atom is 0.152 e. The van der Waals surface area contributed by atoms with Crippen LogP contribution in [0.15, 0.2) is 12.1 Å². The van der Waals surface area contributed by atoms with Crippen LogP contribution in [0.5, 0.6) is 5.75 Å². The van der Waals surface area contributed by atoms with Crippen LogP contribution in [-0.4, -0.2) is 56.5 Å². The minimum Gasteiger partial charge on any atom is -0.505 e. The molecule has 1 aromatic carbocycles. The summed E-state index contributed by atoms with van der Waals surface area (Å²) in [6, 6.07) is 2.84. The molecule has 1 radical (unpaired) electrons. The van der Waals surface area contributed by atoms with E-state index in [-0.39, 0.29) is 67.2 Å². The molecule has 0 aliphatic rings. The van der Waals surface area contributed by atoms with Gasteiger partial charge in [-0.15, -0.1) is 0 Å². The SMILES string of the molecule is Oc1c(Cl)cc(Cl)cc1Cl.[K]. The Balaban J connectivity index is 0.000001000. The van der Waals surface area contributed by atoms with Crippen molar-refractivity contribution in [2.24, 2.45) is 0 Å². The molecule has 5 heteroatoms. The van der Waals surface area contributed by atoms with Crippen molar-refractivity contribution in [1.82, 2.24) is 0 Å². The van der Waals surface area contributed by atoms with E-state index >= 15 is 0 Å². The number of rotatable bonds is 0. The summed E-state index contributed by atoms with van der Waals surface area (Å²) in [7, 11) is 0. The van der Waals surface area contributed by atoms with Gasteiger partial charge in [0.05, 0.1) is 10.0 Å². The van der Waals surface area contributed by atoms with Crippen LogP contribution >= 0.6 is 34.8 Å². The summed E-state index contributed by atoms with van der Waals surface area (Å²) in [4.78, 5) is 0. The Morgan fingerprint density at radius 2 is 1.36 bits per heavy atom. The Hall–Kier alpha value is 1.53. The second-order valence-electron chi connectivity index (χ2n) is 1.72. The molecule has 0 spiro atoms. The van der Waals surface area contributed by atoms with Gasteiger partial charge in [-0.3, -0.25) is 0 Å². The first-order valence-electron chi connectivity index (χ1n) is 2.45. The minimum atomic E-state index is -0.132. The van der Waals surface area contributed by atoms with Crippen LogP contribution in [0.25, 0.3) is 0 Å². The zero-order valence-corrected chi connectivity index (χ0v) is 11.1. The standard InChI is InChI=1S/C6H3Cl3O.K/c7-3-1-4(8)6(10)5(9)2-3;/h1-2,10H;. The summed E-state index contributed by atoms with van der Waals surface area (Å²) in [6.07, 6.45) is 0. The molecule has 0 heterocycles. The second kappa shape index (κ2) is 5.30. The summed E-state index contributed by atoms with van der Waals surface area (Å²) in [5, 5.41) is 9.75. The molecule has 0 aliphatic heterocycles. The normalized spacial score (nSPS) is 9.00. The molecule has 1 nitrogen and oxygen atoms in total. The van der Waals surface area contributed by atoms with Crippen molar-refractivity contribution in [2.45, 2.75) is 0 Å². The smallest absolute Gasteiger partial charge is 0.152 e. The largest absolute Gasteiger partial charge is 0.505 e. The van der Waals surface area contributed by atoms with Crippen molar-refractivity contribution in [2.75, 3.05) is 0 Å². The third-order valence-corrected chi connectivity index (χ3v) is 1.78. The Morgan fingerprint density at radius 1 is 1.00 bits per heavy atom. The van der Waals surface area contributed by atoms with E-state index in [1.54, 1.807) is 0 Å². The number of phenolic OH excluding ortho intramolecular Hbond substituents is 1. The average Bonchev–Trinajstić information content (AvgIpc) is 1.82. The van der Waals surface area contributed by atoms with E-state index in [1.165, 1.54) is 12.1 Å². The Labute approximate surface area is 122 Å². The molecule has 0 unspecified atom stereocenters. The van der Waals surface area contributed by atoms with Gasteiger partial charge in [-0.25, -0.2) is 0 Å². The molecule has 1 aromatic rings. The summed E-state index contributed by atoms with van der Waals surface area (Å²) < 4.78 is 0. The van der Waals surface area contributed by atoms with E-state index in [1.807, 2.05) is 0 Å². The molecule has 55 valence electrons. The number of hydrogen-bond donors (Lipinski definition) is 1.